The molecule has 0 aromatic heterocycles. The maximum atomic E-state index is 12.4. The lowest BCUT2D eigenvalue weighted by Crippen LogP contribution is -2.04. The number of benzene rings is 4. The Morgan fingerprint density at radius 1 is 0.610 bits per heavy atom. The van der Waals surface area contributed by atoms with Crippen molar-refractivity contribution in [2.45, 2.75) is 0 Å². The molecule has 0 aliphatic carbocycles. The molecule has 2 aliphatic rings. The fraction of sp³-hybridized carbons (Fsp3) is 0.0303. The molecule has 6 rings (SSSR count). The number of methoxy groups -OCH3 is 1. The van der Waals surface area contributed by atoms with E-state index in [-0.39, 0.29) is 23.2 Å². The van der Waals surface area contributed by atoms with Crippen LogP contribution in [0.25, 0.3) is 12.2 Å². The zero-order chi connectivity index (χ0) is 28.2. The Labute approximate surface area is 235 Å². The quantitative estimate of drug-likeness (QED) is 0.205. The fourth-order valence-electron chi connectivity index (χ4n) is 4.16. The van der Waals surface area contributed by atoms with E-state index >= 15 is 0 Å². The zero-order valence-corrected chi connectivity index (χ0v) is 21.8. The monoisotopic (exact) mass is 542 g/mol. The van der Waals surface area contributed by atoms with E-state index in [1.165, 1.54) is 0 Å². The maximum Gasteiger partial charge on any atom is 0.363 e. The summed E-state index contributed by atoms with van der Waals surface area (Å²) in [5.74, 6) is 0.999. The fourth-order valence-corrected chi connectivity index (χ4v) is 4.16. The van der Waals surface area contributed by atoms with Gasteiger partial charge < -0.3 is 18.9 Å². The molecule has 0 amide bonds. The van der Waals surface area contributed by atoms with Crippen molar-refractivity contribution in [1.82, 2.24) is 0 Å². The predicted octanol–water partition coefficient (Wildman–Crippen LogP) is 6.18. The molecule has 0 unspecified atom stereocenters. The number of hydrogen-bond donors (Lipinski definition) is 0. The molecule has 2 heterocycles. The second-order valence-corrected chi connectivity index (χ2v) is 8.99. The highest BCUT2D eigenvalue weighted by Crippen LogP contribution is 2.34. The first-order valence-corrected chi connectivity index (χ1v) is 12.7. The highest BCUT2D eigenvalue weighted by molar-refractivity contribution is 6.13. The summed E-state index contributed by atoms with van der Waals surface area (Å²) in [7, 11) is 1.55. The highest BCUT2D eigenvalue weighted by Gasteiger charge is 2.25. The van der Waals surface area contributed by atoms with Gasteiger partial charge in [0.2, 0.25) is 11.8 Å². The normalized spacial score (nSPS) is 16.3. The number of aliphatic imine (C=N–C) groups is 2. The van der Waals surface area contributed by atoms with E-state index in [1.54, 1.807) is 61.7 Å². The van der Waals surface area contributed by atoms with Gasteiger partial charge >= 0.3 is 11.9 Å². The minimum atomic E-state index is -0.529. The number of hydrogen-bond acceptors (Lipinski definition) is 8. The summed E-state index contributed by atoms with van der Waals surface area (Å²) in [6, 6.07) is 30.9. The van der Waals surface area contributed by atoms with Crippen LogP contribution in [0.1, 0.15) is 22.3 Å². The van der Waals surface area contributed by atoms with Gasteiger partial charge in [-0.25, -0.2) is 19.6 Å². The topological polar surface area (TPSA) is 95.8 Å². The predicted molar refractivity (Wildman–Crippen MR) is 154 cm³/mol. The summed E-state index contributed by atoms with van der Waals surface area (Å²) in [6.45, 7) is 0. The van der Waals surface area contributed by atoms with E-state index in [4.69, 9.17) is 18.9 Å². The Bertz CT molecular complexity index is 1750. The molecule has 2 aliphatic heterocycles. The second kappa shape index (κ2) is 11.2. The average molecular weight is 543 g/mol. The third kappa shape index (κ3) is 5.67. The van der Waals surface area contributed by atoms with E-state index in [9.17, 15) is 9.59 Å². The molecule has 0 N–H and O–H groups in total. The first kappa shape index (κ1) is 25.5. The van der Waals surface area contributed by atoms with Crippen molar-refractivity contribution < 1.29 is 28.5 Å². The number of rotatable bonds is 7. The Balaban J connectivity index is 1.20. The molecule has 0 atom stereocenters. The van der Waals surface area contributed by atoms with Crippen LogP contribution >= 0.6 is 0 Å². The van der Waals surface area contributed by atoms with Crippen molar-refractivity contribution in [2.75, 3.05) is 7.11 Å². The van der Waals surface area contributed by atoms with Crippen LogP contribution in [-0.4, -0.2) is 30.8 Å². The molecule has 0 radical (unpaired) electrons. The van der Waals surface area contributed by atoms with Gasteiger partial charge in [-0.1, -0.05) is 54.6 Å². The highest BCUT2D eigenvalue weighted by atomic mass is 16.6. The molecular weight excluding hydrogens is 520 g/mol. The molecule has 200 valence electrons. The van der Waals surface area contributed by atoms with Crippen molar-refractivity contribution in [3.05, 3.63) is 137 Å². The van der Waals surface area contributed by atoms with E-state index in [0.717, 1.165) is 16.7 Å². The van der Waals surface area contributed by atoms with Crippen molar-refractivity contribution in [3.8, 4) is 17.2 Å². The standard InChI is InChI=1S/C33H22N2O6/c1-38-28-17-14-22(19-27-33(37)41-31(35-27)24-10-6-3-7-11-24)20-29(28)39-25-15-12-21(13-16-25)18-26-32(36)40-30(34-26)23-8-4-2-5-9-23/h2-20H,1H3/b26-18-,27-19-. The molecule has 8 heteroatoms. The Morgan fingerprint density at radius 3 is 1.66 bits per heavy atom. The number of carbonyl (C=O) groups is 2. The smallest absolute Gasteiger partial charge is 0.363 e. The van der Waals surface area contributed by atoms with E-state index in [1.807, 2.05) is 60.7 Å². The van der Waals surface area contributed by atoms with Crippen LogP contribution < -0.4 is 9.47 Å². The Hall–Kier alpha value is -5.76. The first-order valence-electron chi connectivity index (χ1n) is 12.7. The SMILES string of the molecule is COc1ccc(/C=C2\N=C(c3ccccc3)OC2=O)cc1Oc1ccc(/C=C2\N=C(c3ccccc3)OC2=O)cc1. The lowest BCUT2D eigenvalue weighted by atomic mass is 10.1. The average Bonchev–Trinajstić information content (AvgIpc) is 3.56. The van der Waals surface area contributed by atoms with Gasteiger partial charge in [-0.05, 0) is 71.8 Å². The summed E-state index contributed by atoms with van der Waals surface area (Å²) in [6.07, 6.45) is 3.28. The van der Waals surface area contributed by atoms with Gasteiger partial charge in [0.1, 0.15) is 5.75 Å². The molecule has 0 bridgehead atoms. The van der Waals surface area contributed by atoms with Gasteiger partial charge in [0.25, 0.3) is 0 Å². The number of cyclic esters (lactones) is 2. The molecule has 4 aromatic rings. The first-order chi connectivity index (χ1) is 20.1. The van der Waals surface area contributed by atoms with Crippen molar-refractivity contribution >= 4 is 35.9 Å². The van der Waals surface area contributed by atoms with Crippen LogP contribution in [0, 0.1) is 0 Å². The molecule has 41 heavy (non-hydrogen) atoms. The molecule has 8 nitrogen and oxygen atoms in total. The largest absolute Gasteiger partial charge is 0.493 e. The third-order valence-corrected chi connectivity index (χ3v) is 6.18. The van der Waals surface area contributed by atoms with Crippen LogP contribution in [0.3, 0.4) is 0 Å². The van der Waals surface area contributed by atoms with Gasteiger partial charge in [0, 0.05) is 11.1 Å². The molecule has 0 saturated carbocycles. The Kier molecular flexibility index (Phi) is 6.94. The second-order valence-electron chi connectivity index (χ2n) is 8.99. The van der Waals surface area contributed by atoms with E-state index in [0.29, 0.717) is 22.8 Å². The molecule has 0 saturated heterocycles. The summed E-state index contributed by atoms with van der Waals surface area (Å²) in [5.41, 5.74) is 3.27. The van der Waals surface area contributed by atoms with Crippen LogP contribution in [0.2, 0.25) is 0 Å². The van der Waals surface area contributed by atoms with Crippen LogP contribution in [0.4, 0.5) is 0 Å². The van der Waals surface area contributed by atoms with Gasteiger partial charge in [-0.3, -0.25) is 0 Å². The minimum Gasteiger partial charge on any atom is -0.493 e. The van der Waals surface area contributed by atoms with Crippen molar-refractivity contribution in [1.29, 1.82) is 0 Å². The summed E-state index contributed by atoms with van der Waals surface area (Å²) in [4.78, 5) is 33.4. The van der Waals surface area contributed by atoms with Gasteiger partial charge in [0.15, 0.2) is 22.9 Å². The minimum absolute atomic E-state index is 0.181. The Morgan fingerprint density at radius 2 is 1.12 bits per heavy atom. The van der Waals surface area contributed by atoms with Crippen molar-refractivity contribution in [3.63, 3.8) is 0 Å². The third-order valence-electron chi connectivity index (χ3n) is 6.18. The molecular formula is C33H22N2O6. The summed E-state index contributed by atoms with van der Waals surface area (Å²) in [5, 5.41) is 0. The lowest BCUT2D eigenvalue weighted by Gasteiger charge is -2.11. The van der Waals surface area contributed by atoms with E-state index in [2.05, 4.69) is 9.98 Å². The van der Waals surface area contributed by atoms with E-state index < -0.39 is 11.9 Å². The number of carbonyl (C=O) groups excluding carboxylic acids is 2. The zero-order valence-electron chi connectivity index (χ0n) is 21.8. The number of esters is 2. The van der Waals surface area contributed by atoms with Gasteiger partial charge in [0.05, 0.1) is 7.11 Å². The lowest BCUT2D eigenvalue weighted by molar-refractivity contribution is -0.130. The molecule has 0 spiro atoms. The summed E-state index contributed by atoms with van der Waals surface area (Å²) < 4.78 is 22.2. The van der Waals surface area contributed by atoms with Crippen LogP contribution in [0.5, 0.6) is 17.2 Å². The number of nitrogens with zero attached hydrogens (tertiary/aromatic N) is 2. The molecule has 0 fully saturated rings. The summed E-state index contributed by atoms with van der Waals surface area (Å²) >= 11 is 0. The number of ether oxygens (including phenoxy) is 4. The van der Waals surface area contributed by atoms with Crippen LogP contribution in [-0.2, 0) is 19.1 Å². The van der Waals surface area contributed by atoms with Gasteiger partial charge in [-0.2, -0.15) is 0 Å². The molecule has 4 aromatic carbocycles. The maximum absolute atomic E-state index is 12.4. The van der Waals surface area contributed by atoms with Crippen molar-refractivity contribution in [2.24, 2.45) is 9.98 Å². The van der Waals surface area contributed by atoms with Gasteiger partial charge in [-0.15, -0.1) is 0 Å². The van der Waals surface area contributed by atoms with Crippen LogP contribution in [0.15, 0.2) is 125 Å².